The van der Waals surface area contributed by atoms with Gasteiger partial charge >= 0.3 is 0 Å². The predicted octanol–water partition coefficient (Wildman–Crippen LogP) is 7.08. The summed E-state index contributed by atoms with van der Waals surface area (Å²) in [7, 11) is 0. The molecular weight excluding hydrogens is 430 g/mol. The summed E-state index contributed by atoms with van der Waals surface area (Å²) in [5.41, 5.74) is 5.86. The minimum Gasteiger partial charge on any atom is -0.467 e. The topological polar surface area (TPSA) is 43.0 Å². The van der Waals surface area contributed by atoms with E-state index in [1.165, 1.54) is 16.7 Å². The summed E-state index contributed by atoms with van der Waals surface area (Å²) >= 11 is 0. The highest BCUT2D eigenvalue weighted by atomic mass is 16.3. The maximum absolute atomic E-state index is 5.51. The van der Waals surface area contributed by atoms with E-state index in [1.807, 2.05) is 18.5 Å². The van der Waals surface area contributed by atoms with Gasteiger partial charge in [0.25, 0.3) is 0 Å². The fourth-order valence-corrected chi connectivity index (χ4v) is 5.00. The summed E-state index contributed by atoms with van der Waals surface area (Å²) in [6.07, 6.45) is 3.66. The number of imidazole rings is 1. The zero-order chi connectivity index (χ0) is 23.5. The maximum Gasteiger partial charge on any atom is 0.122 e. The first-order valence-electron chi connectivity index (χ1n) is 11.8. The molecule has 0 atom stereocenters. The van der Waals surface area contributed by atoms with E-state index in [4.69, 9.17) is 9.40 Å². The van der Waals surface area contributed by atoms with Crippen LogP contribution < -0.4 is 5.32 Å². The Bertz CT molecular complexity index is 1430. The molecule has 170 valence electrons. The third kappa shape index (κ3) is 3.60. The van der Waals surface area contributed by atoms with Crippen LogP contribution in [0.1, 0.15) is 22.5 Å². The molecule has 0 saturated carbocycles. The van der Waals surface area contributed by atoms with E-state index >= 15 is 0 Å². The van der Waals surface area contributed by atoms with Crippen LogP contribution in [0.15, 0.2) is 138 Å². The van der Waals surface area contributed by atoms with Crippen molar-refractivity contribution in [2.24, 2.45) is 0 Å². The van der Waals surface area contributed by atoms with E-state index in [0.29, 0.717) is 6.54 Å². The van der Waals surface area contributed by atoms with Crippen LogP contribution in [0.2, 0.25) is 0 Å². The fraction of sp³-hybridized carbons (Fsp3) is 0.0645. The number of hydrogen-bond donors (Lipinski definition) is 1. The Labute approximate surface area is 204 Å². The molecule has 4 nitrogen and oxygen atoms in total. The van der Waals surface area contributed by atoms with Gasteiger partial charge in [0.05, 0.1) is 30.3 Å². The van der Waals surface area contributed by atoms with Gasteiger partial charge in [0.1, 0.15) is 16.8 Å². The normalized spacial score (nSPS) is 11.5. The summed E-state index contributed by atoms with van der Waals surface area (Å²) < 4.78 is 7.82. The van der Waals surface area contributed by atoms with Crippen LogP contribution in [0, 0.1) is 0 Å². The molecule has 2 aromatic heterocycles. The molecule has 0 aliphatic heterocycles. The molecule has 6 aromatic rings. The van der Waals surface area contributed by atoms with Gasteiger partial charge in [0.2, 0.25) is 0 Å². The van der Waals surface area contributed by atoms with Crippen molar-refractivity contribution < 1.29 is 4.42 Å². The molecule has 2 heterocycles. The molecule has 1 N–H and O–H groups in total. The summed E-state index contributed by atoms with van der Waals surface area (Å²) in [5, 5.41) is 3.50. The average Bonchev–Trinajstić information content (AvgIpc) is 3.61. The maximum atomic E-state index is 5.51. The van der Waals surface area contributed by atoms with E-state index in [2.05, 4.69) is 119 Å². The molecule has 4 aromatic carbocycles. The second-order valence-corrected chi connectivity index (χ2v) is 8.53. The van der Waals surface area contributed by atoms with Crippen molar-refractivity contribution in [3.05, 3.63) is 156 Å². The van der Waals surface area contributed by atoms with Gasteiger partial charge < -0.3 is 14.3 Å². The quantitative estimate of drug-likeness (QED) is 0.262. The predicted molar refractivity (Wildman–Crippen MR) is 140 cm³/mol. The monoisotopic (exact) mass is 455 g/mol. The van der Waals surface area contributed by atoms with Crippen molar-refractivity contribution in [2.75, 3.05) is 5.32 Å². The summed E-state index contributed by atoms with van der Waals surface area (Å²) in [6, 6.07) is 42.2. The fourth-order valence-electron chi connectivity index (χ4n) is 5.00. The first-order valence-corrected chi connectivity index (χ1v) is 11.8. The second kappa shape index (κ2) is 8.99. The number of anilines is 1. The van der Waals surface area contributed by atoms with E-state index in [1.54, 1.807) is 6.26 Å². The third-order valence-electron chi connectivity index (χ3n) is 6.55. The third-order valence-corrected chi connectivity index (χ3v) is 6.55. The number of nitrogens with zero attached hydrogens (tertiary/aromatic N) is 2. The number of rotatable bonds is 7. The summed E-state index contributed by atoms with van der Waals surface area (Å²) in [5.74, 6) is 0.883. The molecule has 0 amide bonds. The van der Waals surface area contributed by atoms with Crippen LogP contribution in [-0.2, 0) is 12.1 Å². The van der Waals surface area contributed by atoms with Crippen LogP contribution in [-0.4, -0.2) is 9.55 Å². The molecule has 0 aliphatic carbocycles. The number of fused-ring (bicyclic) bond motifs is 1. The number of benzene rings is 4. The Balaban J connectivity index is 1.61. The Hall–Kier alpha value is -4.57. The molecular formula is C31H25N3O. The van der Waals surface area contributed by atoms with Gasteiger partial charge in [0.15, 0.2) is 0 Å². The molecule has 0 aliphatic rings. The first-order chi connectivity index (χ1) is 17.4. The van der Waals surface area contributed by atoms with Crippen molar-refractivity contribution in [1.29, 1.82) is 0 Å². The standard InChI is InChI=1S/C31H25N3O/c1-4-12-24(13-5-1)31(25-14-6-2-7-15-25,26-16-8-3-9-17-26)34-23-33-30-28(19-10-20-29(30)34)32-22-27-18-11-21-35-27/h1-21,23,32H,22H2. The van der Waals surface area contributed by atoms with Gasteiger partial charge in [-0.2, -0.15) is 0 Å². The number of aromatic nitrogens is 2. The van der Waals surface area contributed by atoms with Crippen molar-refractivity contribution in [3.8, 4) is 0 Å². The Morgan fingerprint density at radius 1 is 0.657 bits per heavy atom. The molecule has 6 rings (SSSR count). The molecule has 0 radical (unpaired) electrons. The lowest BCUT2D eigenvalue weighted by Gasteiger charge is -2.38. The van der Waals surface area contributed by atoms with Crippen molar-refractivity contribution >= 4 is 16.7 Å². The highest BCUT2D eigenvalue weighted by molar-refractivity contribution is 5.89. The zero-order valence-electron chi connectivity index (χ0n) is 19.2. The highest BCUT2D eigenvalue weighted by Gasteiger charge is 2.39. The van der Waals surface area contributed by atoms with Gasteiger partial charge in [0, 0.05) is 0 Å². The molecule has 35 heavy (non-hydrogen) atoms. The lowest BCUT2D eigenvalue weighted by molar-refractivity contribution is 0.518. The molecule has 0 unspecified atom stereocenters. The van der Waals surface area contributed by atoms with Crippen LogP contribution in [0.25, 0.3) is 11.0 Å². The smallest absolute Gasteiger partial charge is 0.122 e. The number of nitrogens with one attached hydrogen (secondary N) is 1. The van der Waals surface area contributed by atoms with Crippen LogP contribution in [0.5, 0.6) is 0 Å². The van der Waals surface area contributed by atoms with Crippen molar-refractivity contribution in [1.82, 2.24) is 9.55 Å². The largest absolute Gasteiger partial charge is 0.467 e. The number of hydrogen-bond acceptors (Lipinski definition) is 3. The van der Waals surface area contributed by atoms with E-state index in [0.717, 1.165) is 22.5 Å². The highest BCUT2D eigenvalue weighted by Crippen LogP contribution is 2.43. The van der Waals surface area contributed by atoms with Crippen LogP contribution >= 0.6 is 0 Å². The van der Waals surface area contributed by atoms with Crippen molar-refractivity contribution in [2.45, 2.75) is 12.1 Å². The Morgan fingerprint density at radius 3 is 1.80 bits per heavy atom. The lowest BCUT2D eigenvalue weighted by atomic mass is 9.76. The summed E-state index contributed by atoms with van der Waals surface area (Å²) in [6.45, 7) is 0.597. The van der Waals surface area contributed by atoms with Crippen LogP contribution in [0.4, 0.5) is 5.69 Å². The molecule has 0 spiro atoms. The van der Waals surface area contributed by atoms with Crippen molar-refractivity contribution in [3.63, 3.8) is 0 Å². The lowest BCUT2D eigenvalue weighted by Crippen LogP contribution is -2.37. The van der Waals surface area contributed by atoms with Crippen LogP contribution in [0.3, 0.4) is 0 Å². The van der Waals surface area contributed by atoms with Gasteiger partial charge in [-0.3, -0.25) is 0 Å². The second-order valence-electron chi connectivity index (χ2n) is 8.53. The first kappa shape index (κ1) is 21.0. The Kier molecular flexibility index (Phi) is 5.39. The molecule has 0 bridgehead atoms. The molecule has 0 saturated heterocycles. The van der Waals surface area contributed by atoms with Gasteiger partial charge in [-0.05, 0) is 41.0 Å². The van der Waals surface area contributed by atoms with E-state index in [-0.39, 0.29) is 0 Å². The SMILES string of the molecule is c1ccc(C(c2ccccc2)(c2ccccc2)n2cnc3c(NCc4ccco4)cccc32)cc1. The minimum absolute atomic E-state index is 0.597. The number of furan rings is 1. The summed E-state index contributed by atoms with van der Waals surface area (Å²) in [4.78, 5) is 4.93. The zero-order valence-corrected chi connectivity index (χ0v) is 19.2. The molecule has 0 fully saturated rings. The number of para-hydroxylation sites is 1. The van der Waals surface area contributed by atoms with E-state index in [9.17, 15) is 0 Å². The Morgan fingerprint density at radius 2 is 1.26 bits per heavy atom. The van der Waals surface area contributed by atoms with E-state index < -0.39 is 5.54 Å². The average molecular weight is 456 g/mol. The molecule has 4 heteroatoms. The minimum atomic E-state index is -0.599. The van der Waals surface area contributed by atoms with Gasteiger partial charge in [-0.15, -0.1) is 0 Å². The van der Waals surface area contributed by atoms with Gasteiger partial charge in [-0.1, -0.05) is 97.1 Å². The van der Waals surface area contributed by atoms with Gasteiger partial charge in [-0.25, -0.2) is 4.98 Å².